The van der Waals surface area contributed by atoms with E-state index in [1.807, 2.05) is 0 Å². The van der Waals surface area contributed by atoms with Crippen LogP contribution in [0, 0.1) is 0 Å². The third-order valence-corrected chi connectivity index (χ3v) is 4.07. The van der Waals surface area contributed by atoms with Crippen LogP contribution in [0.4, 0.5) is 52.7 Å². The Morgan fingerprint density at radius 1 is 0.300 bits per heavy atom. The molecule has 0 amide bonds. The molecule has 0 rings (SSSR count). The Hall–Kier alpha value is -0.481. The molecule has 0 atom stereocenters. The monoisotopic (exact) mass is 962 g/mol. The Kier molecular flexibility index (Phi) is 53.1. The zero-order valence-electron chi connectivity index (χ0n) is 23.9. The summed E-state index contributed by atoms with van der Waals surface area (Å²) < 4.78 is 236. The summed E-state index contributed by atoms with van der Waals surface area (Å²) in [5.74, 6) is 0. The van der Waals surface area contributed by atoms with Crippen LogP contribution in [0.2, 0.25) is 0 Å². The van der Waals surface area contributed by atoms with E-state index in [9.17, 15) is 52.7 Å². The van der Waals surface area contributed by atoms with Gasteiger partial charge in [0, 0.05) is 52.4 Å². The van der Waals surface area contributed by atoms with Gasteiger partial charge in [-0.25, -0.2) is 33.7 Å². The zero-order valence-corrected chi connectivity index (χ0v) is 29.1. The van der Waals surface area contributed by atoms with Gasteiger partial charge in [0.2, 0.25) is 0 Å². The fraction of sp³-hybridized carbons (Fsp3) is 1.00. The van der Waals surface area contributed by atoms with E-state index in [2.05, 4.69) is 0 Å². The maximum Gasteiger partial charge on any atom is 2.00 e. The van der Waals surface area contributed by atoms with Crippen molar-refractivity contribution in [3.63, 3.8) is 0 Å². The molecule has 16 N–H and O–H groups in total. The summed E-state index contributed by atoms with van der Waals surface area (Å²) in [5, 5.41) is 0. The molecular formula is C12H32Cu2F12N8O12S4. The summed E-state index contributed by atoms with van der Waals surface area (Å²) in [6.45, 7) is 4.78. The van der Waals surface area contributed by atoms with Gasteiger partial charge in [0.25, 0.3) is 0 Å². The third kappa shape index (κ3) is 65.8. The molecule has 0 aliphatic heterocycles. The molecule has 0 fully saturated rings. The molecule has 0 aliphatic carbocycles. The minimum Gasteiger partial charge on any atom is -0.741 e. The van der Waals surface area contributed by atoms with Crippen LogP contribution in [0.15, 0.2) is 0 Å². The van der Waals surface area contributed by atoms with Gasteiger partial charge in [-0.15, -0.1) is 0 Å². The molecule has 50 heavy (non-hydrogen) atoms. The van der Waals surface area contributed by atoms with E-state index in [1.54, 1.807) is 0 Å². The minimum atomic E-state index is -6.09. The molecule has 0 unspecified atom stereocenters. The van der Waals surface area contributed by atoms with E-state index in [0.717, 1.165) is 0 Å². The second-order valence-corrected chi connectivity index (χ2v) is 11.4. The van der Waals surface area contributed by atoms with Crippen molar-refractivity contribution in [1.29, 1.82) is 0 Å². The van der Waals surface area contributed by atoms with E-state index in [0.29, 0.717) is 52.4 Å². The van der Waals surface area contributed by atoms with Gasteiger partial charge in [-0.1, -0.05) is 0 Å². The molecule has 0 aliphatic rings. The van der Waals surface area contributed by atoms with Crippen LogP contribution in [-0.4, -0.2) is 126 Å². The molecule has 20 nitrogen and oxygen atoms in total. The molecule has 0 aromatic heterocycles. The van der Waals surface area contributed by atoms with Crippen LogP contribution < -0.4 is 45.9 Å². The predicted molar refractivity (Wildman–Crippen MR) is 135 cm³/mol. The van der Waals surface area contributed by atoms with E-state index in [1.165, 1.54) is 0 Å². The Balaban J connectivity index is -0.0000000464. The zero-order chi connectivity index (χ0) is 41.7. The standard InChI is InChI=1S/4C2H8N2.4CHF3O3S.2Cu/c4*3-1-2-4;4*2-1(3,4)8(5,6)7;;/h4*1-4H2;4*(H,5,6,7);;/q;;;;;;;;2*+2/p-4. The van der Waals surface area contributed by atoms with Crippen LogP contribution >= 0.6 is 0 Å². The largest absolute Gasteiger partial charge is 2.00 e. The molecule has 322 valence electrons. The Morgan fingerprint density at radius 3 is 0.340 bits per heavy atom. The second-order valence-electron chi connectivity index (χ2n) is 5.91. The molecule has 0 bridgehead atoms. The van der Waals surface area contributed by atoms with Crippen LogP contribution in [0.25, 0.3) is 0 Å². The van der Waals surface area contributed by atoms with Crippen molar-refractivity contribution in [3.8, 4) is 0 Å². The van der Waals surface area contributed by atoms with E-state index in [4.69, 9.17) is 97.8 Å². The van der Waals surface area contributed by atoms with Gasteiger partial charge in [-0.05, 0) is 0 Å². The van der Waals surface area contributed by atoms with Gasteiger partial charge < -0.3 is 64.1 Å². The number of rotatable bonds is 4. The van der Waals surface area contributed by atoms with Gasteiger partial charge in [0.1, 0.15) is 0 Å². The summed E-state index contributed by atoms with van der Waals surface area (Å²) >= 11 is 0. The fourth-order valence-electron chi connectivity index (χ4n) is 0. The summed E-state index contributed by atoms with van der Waals surface area (Å²) in [6, 6.07) is 0. The summed E-state index contributed by atoms with van der Waals surface area (Å²) in [7, 11) is -24.4. The van der Waals surface area contributed by atoms with Crippen molar-refractivity contribution < 1.29 is 139 Å². The first kappa shape index (κ1) is 74.6. The maximum absolute atomic E-state index is 10.7. The number of nitrogens with two attached hydrogens (primary N) is 8. The van der Waals surface area contributed by atoms with Gasteiger partial charge in [-0.3, -0.25) is 0 Å². The van der Waals surface area contributed by atoms with Gasteiger partial charge in [-0.2, -0.15) is 52.7 Å². The Bertz CT molecular complexity index is 985. The number of hydrogen-bond donors (Lipinski definition) is 8. The normalized spacial score (nSPS) is 11.4. The van der Waals surface area contributed by atoms with Gasteiger partial charge in [0.15, 0.2) is 40.5 Å². The smallest absolute Gasteiger partial charge is 0.741 e. The Labute approximate surface area is 298 Å². The van der Waals surface area contributed by atoms with Crippen molar-refractivity contribution in [1.82, 2.24) is 0 Å². The molecule has 0 saturated carbocycles. The number of halogens is 12. The minimum absolute atomic E-state index is 0. The maximum atomic E-state index is 10.7. The van der Waals surface area contributed by atoms with Crippen molar-refractivity contribution in [2.45, 2.75) is 22.0 Å². The van der Waals surface area contributed by atoms with Crippen LogP contribution in [0.1, 0.15) is 0 Å². The van der Waals surface area contributed by atoms with E-state index < -0.39 is 62.5 Å². The molecular weight excluding hydrogens is 932 g/mol. The molecule has 38 heteroatoms. The molecule has 0 heterocycles. The SMILES string of the molecule is NCCN.NCCN.NCCN.NCCN.O=S(=O)([O-])C(F)(F)F.O=S(=O)([O-])C(F)(F)F.O=S(=O)([O-])C(F)(F)F.O=S(=O)([O-])C(F)(F)F.[Cu+2].[Cu+2]. The van der Waals surface area contributed by atoms with Gasteiger partial charge >= 0.3 is 56.2 Å². The number of alkyl halides is 12. The van der Waals surface area contributed by atoms with Crippen molar-refractivity contribution in [2.24, 2.45) is 45.9 Å². The van der Waals surface area contributed by atoms with Gasteiger partial charge in [0.05, 0.1) is 0 Å². The predicted octanol–water partition coefficient (Wildman–Crippen LogP) is -4.18. The van der Waals surface area contributed by atoms with Crippen molar-refractivity contribution in [3.05, 3.63) is 0 Å². The summed E-state index contributed by atoms with van der Waals surface area (Å²) in [4.78, 5) is 0. The van der Waals surface area contributed by atoms with Crippen molar-refractivity contribution in [2.75, 3.05) is 52.4 Å². The topological polar surface area (TPSA) is 437 Å². The molecule has 0 saturated heterocycles. The fourth-order valence-corrected chi connectivity index (χ4v) is 0. The first-order valence-corrected chi connectivity index (χ1v) is 16.0. The molecule has 0 aromatic rings. The molecule has 2 radical (unpaired) electrons. The van der Waals surface area contributed by atoms with Crippen molar-refractivity contribution >= 4 is 40.5 Å². The second kappa shape index (κ2) is 35.5. The first-order chi connectivity index (χ1) is 20.7. The van der Waals surface area contributed by atoms with Crippen LogP contribution in [-0.2, 0) is 74.6 Å². The third-order valence-electron chi connectivity index (χ3n) is 1.80. The molecule has 0 aromatic carbocycles. The summed E-state index contributed by atoms with van der Waals surface area (Å²) in [6.07, 6.45) is 0. The average molecular weight is 964 g/mol. The molecule has 0 spiro atoms. The van der Waals surface area contributed by atoms with E-state index >= 15 is 0 Å². The quantitative estimate of drug-likeness (QED) is 0.0573. The van der Waals surface area contributed by atoms with E-state index in [-0.39, 0.29) is 34.1 Å². The Morgan fingerprint density at radius 2 is 0.340 bits per heavy atom. The van der Waals surface area contributed by atoms with Crippen LogP contribution in [0.3, 0.4) is 0 Å². The first-order valence-electron chi connectivity index (χ1n) is 10.4. The number of hydrogen-bond acceptors (Lipinski definition) is 20. The summed E-state index contributed by atoms with van der Waals surface area (Å²) in [5.41, 5.74) is 16.6. The van der Waals surface area contributed by atoms with Crippen LogP contribution in [0.5, 0.6) is 0 Å². The average Bonchev–Trinajstić information content (AvgIpc) is 2.85.